The van der Waals surface area contributed by atoms with E-state index in [0.29, 0.717) is 12.5 Å². The Morgan fingerprint density at radius 1 is 1.41 bits per heavy atom. The van der Waals surface area contributed by atoms with Gasteiger partial charge in [-0.1, -0.05) is 24.6 Å². The molecule has 3 N–H and O–H groups in total. The van der Waals surface area contributed by atoms with Crippen molar-refractivity contribution in [2.45, 2.75) is 32.2 Å². The predicted molar refractivity (Wildman–Crippen MR) is 95.5 cm³/mol. The van der Waals surface area contributed by atoms with Crippen LogP contribution in [0.3, 0.4) is 0 Å². The van der Waals surface area contributed by atoms with Crippen molar-refractivity contribution in [3.05, 3.63) is 35.2 Å². The normalized spacial score (nSPS) is 22.3. The molecule has 1 unspecified atom stereocenters. The first-order valence-corrected chi connectivity index (χ1v) is 8.49. The van der Waals surface area contributed by atoms with Crippen LogP contribution >= 0.6 is 23.7 Å². The molecule has 0 saturated heterocycles. The van der Waals surface area contributed by atoms with Crippen molar-refractivity contribution in [1.29, 1.82) is 0 Å². The molecule has 1 fully saturated rings. The molecule has 0 aliphatic heterocycles. The summed E-state index contributed by atoms with van der Waals surface area (Å²) in [5.74, 6) is 0.638. The molecule has 0 radical (unpaired) electrons. The van der Waals surface area contributed by atoms with Gasteiger partial charge in [0.15, 0.2) is 0 Å². The predicted octanol–water partition coefficient (Wildman–Crippen LogP) is 3.88. The molecular formula is C17H23ClN2OS. The van der Waals surface area contributed by atoms with Crippen molar-refractivity contribution in [2.24, 2.45) is 17.6 Å². The third-order valence-electron chi connectivity index (χ3n) is 4.53. The number of carbonyl (C=O) groups excluding carboxylic acids is 1. The molecular weight excluding hydrogens is 316 g/mol. The van der Waals surface area contributed by atoms with Gasteiger partial charge in [-0.3, -0.25) is 4.79 Å². The highest BCUT2D eigenvalue weighted by atomic mass is 35.5. The van der Waals surface area contributed by atoms with Crippen LogP contribution in [-0.2, 0) is 4.79 Å². The molecule has 1 aliphatic carbocycles. The van der Waals surface area contributed by atoms with E-state index in [1.165, 1.54) is 15.0 Å². The number of benzene rings is 1. The van der Waals surface area contributed by atoms with E-state index in [9.17, 15) is 4.79 Å². The van der Waals surface area contributed by atoms with E-state index in [0.717, 1.165) is 19.3 Å². The quantitative estimate of drug-likeness (QED) is 0.889. The molecule has 3 atom stereocenters. The molecule has 120 valence electrons. The van der Waals surface area contributed by atoms with E-state index in [2.05, 4.69) is 36.5 Å². The zero-order chi connectivity index (χ0) is 14.8. The topological polar surface area (TPSA) is 55.1 Å². The van der Waals surface area contributed by atoms with Gasteiger partial charge in [0.05, 0.1) is 6.04 Å². The number of thiophene rings is 1. The Hall–Kier alpha value is -1.10. The van der Waals surface area contributed by atoms with Crippen molar-refractivity contribution >= 4 is 39.7 Å². The van der Waals surface area contributed by atoms with Crippen LogP contribution in [0.15, 0.2) is 30.3 Å². The number of halogens is 1. The average molecular weight is 339 g/mol. The third-order valence-corrected chi connectivity index (χ3v) is 5.83. The number of nitrogens with two attached hydrogens (primary N) is 1. The Bertz CT molecular complexity index is 609. The van der Waals surface area contributed by atoms with Crippen LogP contribution in [0, 0.1) is 11.8 Å². The lowest BCUT2D eigenvalue weighted by atomic mass is 9.95. The van der Waals surface area contributed by atoms with Crippen molar-refractivity contribution < 1.29 is 4.79 Å². The maximum atomic E-state index is 12.5. The maximum absolute atomic E-state index is 12.5. The summed E-state index contributed by atoms with van der Waals surface area (Å²) in [7, 11) is 0. The second-order valence-corrected chi connectivity index (χ2v) is 7.07. The number of rotatable bonds is 4. The summed E-state index contributed by atoms with van der Waals surface area (Å²) in [4.78, 5) is 13.7. The summed E-state index contributed by atoms with van der Waals surface area (Å²) in [5, 5.41) is 4.43. The zero-order valence-corrected chi connectivity index (χ0v) is 14.4. The first-order chi connectivity index (χ1) is 10.2. The van der Waals surface area contributed by atoms with Crippen LogP contribution in [0.2, 0.25) is 0 Å². The lowest BCUT2D eigenvalue weighted by molar-refractivity contribution is -0.126. The average Bonchev–Trinajstić information content (AvgIpc) is 3.13. The van der Waals surface area contributed by atoms with E-state index >= 15 is 0 Å². The Morgan fingerprint density at radius 3 is 2.91 bits per heavy atom. The van der Waals surface area contributed by atoms with E-state index in [1.54, 1.807) is 11.3 Å². The lowest BCUT2D eigenvalue weighted by Crippen LogP contribution is -2.36. The molecule has 1 aliphatic rings. The molecule has 1 aromatic heterocycles. The van der Waals surface area contributed by atoms with Gasteiger partial charge in [0.25, 0.3) is 0 Å². The summed E-state index contributed by atoms with van der Waals surface area (Å²) >= 11 is 1.76. The summed E-state index contributed by atoms with van der Waals surface area (Å²) in [5.41, 5.74) is 5.78. The van der Waals surface area contributed by atoms with Crippen LogP contribution in [-0.4, -0.2) is 12.5 Å². The number of fused-ring (bicyclic) bond motifs is 1. The summed E-state index contributed by atoms with van der Waals surface area (Å²) in [6.07, 6.45) is 3.19. The van der Waals surface area contributed by atoms with E-state index in [1.807, 2.05) is 6.07 Å². The van der Waals surface area contributed by atoms with Crippen LogP contribution in [0.5, 0.6) is 0 Å². The molecule has 5 heteroatoms. The van der Waals surface area contributed by atoms with Gasteiger partial charge in [0.1, 0.15) is 0 Å². The van der Waals surface area contributed by atoms with Gasteiger partial charge in [0.2, 0.25) is 5.91 Å². The Morgan fingerprint density at radius 2 is 2.18 bits per heavy atom. The van der Waals surface area contributed by atoms with Crippen molar-refractivity contribution in [3.63, 3.8) is 0 Å². The fraction of sp³-hybridized carbons (Fsp3) is 0.471. The molecule has 1 saturated carbocycles. The van der Waals surface area contributed by atoms with Gasteiger partial charge in [-0.25, -0.2) is 0 Å². The molecule has 2 aromatic rings. The van der Waals surface area contributed by atoms with Crippen molar-refractivity contribution in [2.75, 3.05) is 6.54 Å². The number of hydrogen-bond acceptors (Lipinski definition) is 3. The Labute approximate surface area is 141 Å². The van der Waals surface area contributed by atoms with Crippen LogP contribution in [0.1, 0.15) is 37.1 Å². The minimum Gasteiger partial charge on any atom is -0.349 e. The molecule has 0 spiro atoms. The molecule has 3 nitrogen and oxygen atoms in total. The smallest absolute Gasteiger partial charge is 0.223 e. The summed E-state index contributed by atoms with van der Waals surface area (Å²) in [6, 6.07) is 10.6. The first-order valence-electron chi connectivity index (χ1n) is 7.68. The number of carbonyl (C=O) groups is 1. The highest BCUT2D eigenvalue weighted by Gasteiger charge is 2.32. The van der Waals surface area contributed by atoms with E-state index in [-0.39, 0.29) is 30.3 Å². The van der Waals surface area contributed by atoms with Crippen LogP contribution < -0.4 is 11.1 Å². The van der Waals surface area contributed by atoms with Gasteiger partial charge < -0.3 is 11.1 Å². The van der Waals surface area contributed by atoms with Crippen LogP contribution in [0.4, 0.5) is 0 Å². The highest BCUT2D eigenvalue weighted by molar-refractivity contribution is 7.19. The molecule has 1 heterocycles. The number of nitrogens with one attached hydrogen (secondary N) is 1. The molecule has 1 aromatic carbocycles. The van der Waals surface area contributed by atoms with Gasteiger partial charge >= 0.3 is 0 Å². The number of amides is 1. The largest absolute Gasteiger partial charge is 0.349 e. The van der Waals surface area contributed by atoms with E-state index < -0.39 is 0 Å². The molecule has 22 heavy (non-hydrogen) atoms. The second-order valence-electron chi connectivity index (χ2n) is 5.95. The Balaban J connectivity index is 0.00000176. The van der Waals surface area contributed by atoms with Crippen molar-refractivity contribution in [1.82, 2.24) is 5.32 Å². The standard InChI is InChI=1S/C17H22N2OS.ClH/c1-11(16-9-12-5-2-3-8-15(12)21-16)19-17(20)14-7-4-6-13(14)10-18;/h2-3,5,8-9,11,13-14H,4,6-7,10,18H2,1H3,(H,19,20);1H/t11?,13-,14-;/m1./s1. The molecule has 3 rings (SSSR count). The fourth-order valence-electron chi connectivity index (χ4n) is 3.27. The maximum Gasteiger partial charge on any atom is 0.223 e. The SMILES string of the molecule is CC(NC(=O)[C@@H]1CCC[C@@H]1CN)c1cc2ccccc2s1.Cl. The monoisotopic (exact) mass is 338 g/mol. The van der Waals surface area contributed by atoms with Gasteiger partial charge in [-0.05, 0) is 49.7 Å². The highest BCUT2D eigenvalue weighted by Crippen LogP contribution is 2.33. The van der Waals surface area contributed by atoms with Crippen LogP contribution in [0.25, 0.3) is 10.1 Å². The molecule has 0 bridgehead atoms. The van der Waals surface area contributed by atoms with Gasteiger partial charge in [0, 0.05) is 15.5 Å². The third kappa shape index (κ3) is 3.45. The second kappa shape index (κ2) is 7.44. The summed E-state index contributed by atoms with van der Waals surface area (Å²) in [6.45, 7) is 2.68. The minimum atomic E-state index is 0. The fourth-order valence-corrected chi connectivity index (χ4v) is 4.34. The van der Waals surface area contributed by atoms with Gasteiger partial charge in [-0.2, -0.15) is 0 Å². The zero-order valence-electron chi connectivity index (χ0n) is 12.7. The Kier molecular flexibility index (Phi) is 5.84. The summed E-state index contributed by atoms with van der Waals surface area (Å²) < 4.78 is 1.27. The van der Waals surface area contributed by atoms with Gasteiger partial charge in [-0.15, -0.1) is 23.7 Å². The minimum absolute atomic E-state index is 0. The lowest BCUT2D eigenvalue weighted by Gasteiger charge is -2.20. The van der Waals surface area contributed by atoms with E-state index in [4.69, 9.17) is 5.73 Å². The van der Waals surface area contributed by atoms with Crippen molar-refractivity contribution in [3.8, 4) is 0 Å². The first kappa shape index (κ1) is 17.3. The number of hydrogen-bond donors (Lipinski definition) is 2. The molecule has 1 amide bonds.